The fourth-order valence-corrected chi connectivity index (χ4v) is 4.09. The first kappa shape index (κ1) is 22.6. The van der Waals surface area contributed by atoms with Crippen molar-refractivity contribution < 1.29 is 9.21 Å². The van der Waals surface area contributed by atoms with Crippen molar-refractivity contribution >= 4 is 5.91 Å². The van der Waals surface area contributed by atoms with E-state index in [9.17, 15) is 4.79 Å². The molecule has 1 unspecified atom stereocenters. The minimum Gasteiger partial charge on any atom is -0.455 e. The number of carbonyl (C=O) groups is 1. The number of amides is 1. The van der Waals surface area contributed by atoms with Gasteiger partial charge in [-0.25, -0.2) is 0 Å². The topological polar surface area (TPSA) is 48.7 Å². The Balaban J connectivity index is 1.45. The lowest BCUT2D eigenvalue weighted by atomic mass is 10.0. The van der Waals surface area contributed by atoms with Crippen molar-refractivity contribution in [3.05, 3.63) is 59.5 Å². The summed E-state index contributed by atoms with van der Waals surface area (Å²) < 4.78 is 5.86. The van der Waals surface area contributed by atoms with E-state index in [1.807, 2.05) is 12.1 Å². The number of hydrogen-bond acceptors (Lipinski definition) is 4. The van der Waals surface area contributed by atoms with Gasteiger partial charge in [0.15, 0.2) is 5.76 Å². The highest BCUT2D eigenvalue weighted by molar-refractivity contribution is 5.91. The second kappa shape index (κ2) is 11.3. The Morgan fingerprint density at radius 1 is 1.17 bits per heavy atom. The van der Waals surface area contributed by atoms with Crippen molar-refractivity contribution in [3.63, 3.8) is 0 Å². The van der Waals surface area contributed by atoms with Crippen LogP contribution in [0.2, 0.25) is 0 Å². The maximum atomic E-state index is 12.5. The zero-order valence-corrected chi connectivity index (χ0v) is 18.8. The van der Waals surface area contributed by atoms with Crippen molar-refractivity contribution in [2.75, 3.05) is 19.6 Å². The van der Waals surface area contributed by atoms with Crippen LogP contribution >= 0.6 is 0 Å². The number of piperidine rings is 1. The maximum absolute atomic E-state index is 12.5. The van der Waals surface area contributed by atoms with Crippen LogP contribution in [0.1, 0.15) is 68.3 Å². The van der Waals surface area contributed by atoms with E-state index >= 15 is 0 Å². The van der Waals surface area contributed by atoms with Crippen LogP contribution in [0.3, 0.4) is 0 Å². The number of nitrogens with zero attached hydrogens (tertiary/aromatic N) is 2. The Hall–Kier alpha value is -2.11. The summed E-state index contributed by atoms with van der Waals surface area (Å²) in [6, 6.07) is 15.2. The molecule has 0 aliphatic carbocycles. The quantitative estimate of drug-likeness (QED) is 0.577. The van der Waals surface area contributed by atoms with E-state index in [0.717, 1.165) is 25.3 Å². The monoisotopic (exact) mass is 411 g/mol. The van der Waals surface area contributed by atoms with E-state index in [4.69, 9.17) is 4.42 Å². The normalized spacial score (nSPS) is 17.6. The summed E-state index contributed by atoms with van der Waals surface area (Å²) in [5.74, 6) is 1.11. The molecular formula is C25H37N3O2. The van der Waals surface area contributed by atoms with Crippen LogP contribution in [0.15, 0.2) is 46.9 Å². The first-order valence-electron chi connectivity index (χ1n) is 11.4. The molecule has 2 aromatic rings. The van der Waals surface area contributed by atoms with Gasteiger partial charge in [-0.3, -0.25) is 9.69 Å². The molecule has 1 amide bonds. The van der Waals surface area contributed by atoms with Crippen LogP contribution in [-0.4, -0.2) is 47.4 Å². The molecule has 1 atom stereocenters. The molecule has 1 saturated heterocycles. The molecule has 1 aromatic heterocycles. The molecule has 164 valence electrons. The van der Waals surface area contributed by atoms with Crippen LogP contribution in [0.4, 0.5) is 0 Å². The Morgan fingerprint density at radius 3 is 2.70 bits per heavy atom. The number of furan rings is 1. The van der Waals surface area contributed by atoms with Gasteiger partial charge in [0.05, 0.1) is 6.54 Å². The summed E-state index contributed by atoms with van der Waals surface area (Å²) in [5.41, 5.74) is 1.28. The second-order valence-electron chi connectivity index (χ2n) is 8.74. The number of rotatable bonds is 10. The van der Waals surface area contributed by atoms with Crippen LogP contribution < -0.4 is 5.32 Å². The minimum atomic E-state index is -0.118. The fraction of sp³-hybridized carbons (Fsp3) is 0.560. The number of hydrogen-bond donors (Lipinski definition) is 1. The van der Waals surface area contributed by atoms with Gasteiger partial charge in [0, 0.05) is 31.7 Å². The van der Waals surface area contributed by atoms with Gasteiger partial charge in [-0.1, -0.05) is 36.8 Å². The molecule has 2 heterocycles. The van der Waals surface area contributed by atoms with E-state index in [0.29, 0.717) is 30.9 Å². The molecule has 5 nitrogen and oxygen atoms in total. The van der Waals surface area contributed by atoms with E-state index in [2.05, 4.69) is 60.2 Å². The maximum Gasteiger partial charge on any atom is 0.286 e. The van der Waals surface area contributed by atoms with Gasteiger partial charge >= 0.3 is 0 Å². The standard InChI is InChI=1S/C25H37N3O2/c1-20(2)28(18-22-11-5-4-6-12-22)19-23-13-14-24(30-23)25(29)26-15-9-17-27-16-8-7-10-21(27)3/h4-6,11-14,20-21H,7-10,15-19H2,1-3H3,(H,26,29). The van der Waals surface area contributed by atoms with E-state index in [-0.39, 0.29) is 5.91 Å². The first-order valence-corrected chi connectivity index (χ1v) is 11.4. The van der Waals surface area contributed by atoms with Gasteiger partial charge in [0.1, 0.15) is 5.76 Å². The van der Waals surface area contributed by atoms with Gasteiger partial charge in [-0.15, -0.1) is 0 Å². The highest BCUT2D eigenvalue weighted by Gasteiger charge is 2.18. The molecule has 1 N–H and O–H groups in total. The summed E-state index contributed by atoms with van der Waals surface area (Å²) in [4.78, 5) is 17.3. The highest BCUT2D eigenvalue weighted by Crippen LogP contribution is 2.17. The third kappa shape index (κ3) is 6.71. The third-order valence-electron chi connectivity index (χ3n) is 6.05. The van der Waals surface area contributed by atoms with Crippen molar-refractivity contribution in [1.29, 1.82) is 0 Å². The first-order chi connectivity index (χ1) is 14.5. The van der Waals surface area contributed by atoms with Gasteiger partial charge in [-0.2, -0.15) is 0 Å². The molecule has 1 aliphatic rings. The van der Waals surface area contributed by atoms with Gasteiger partial charge in [0.25, 0.3) is 5.91 Å². The van der Waals surface area contributed by atoms with E-state index in [1.54, 1.807) is 6.07 Å². The zero-order valence-electron chi connectivity index (χ0n) is 18.8. The second-order valence-corrected chi connectivity index (χ2v) is 8.74. The molecule has 1 fully saturated rings. The Morgan fingerprint density at radius 2 is 1.97 bits per heavy atom. The van der Waals surface area contributed by atoms with Crippen LogP contribution in [-0.2, 0) is 13.1 Å². The van der Waals surface area contributed by atoms with Crippen LogP contribution in [0.5, 0.6) is 0 Å². The summed E-state index contributed by atoms with van der Waals surface area (Å²) >= 11 is 0. The van der Waals surface area contributed by atoms with Crippen molar-refractivity contribution in [3.8, 4) is 0 Å². The molecule has 5 heteroatoms. The fourth-order valence-electron chi connectivity index (χ4n) is 4.09. The minimum absolute atomic E-state index is 0.118. The molecule has 1 aliphatic heterocycles. The molecular weight excluding hydrogens is 374 g/mol. The van der Waals surface area contributed by atoms with Crippen LogP contribution in [0, 0.1) is 0 Å². The predicted molar refractivity (Wildman–Crippen MR) is 121 cm³/mol. The predicted octanol–water partition coefficient (Wildman–Crippen LogP) is 4.68. The van der Waals surface area contributed by atoms with E-state index < -0.39 is 0 Å². The molecule has 0 radical (unpaired) electrons. The Kier molecular flexibility index (Phi) is 8.52. The smallest absolute Gasteiger partial charge is 0.286 e. The lowest BCUT2D eigenvalue weighted by molar-refractivity contribution is 0.0916. The SMILES string of the molecule is CC(C)N(Cc1ccccc1)Cc1ccc(C(=O)NCCCN2CCCCC2C)o1. The average molecular weight is 412 g/mol. The van der Waals surface area contributed by atoms with Gasteiger partial charge < -0.3 is 14.6 Å². The Labute approximate surface area is 181 Å². The molecule has 0 bridgehead atoms. The van der Waals surface area contributed by atoms with Crippen molar-refractivity contribution in [2.24, 2.45) is 0 Å². The number of nitrogens with one attached hydrogen (secondary N) is 1. The van der Waals surface area contributed by atoms with Gasteiger partial charge in [-0.05, 0) is 64.3 Å². The van der Waals surface area contributed by atoms with Crippen molar-refractivity contribution in [2.45, 2.75) is 71.6 Å². The zero-order chi connectivity index (χ0) is 21.3. The highest BCUT2D eigenvalue weighted by atomic mass is 16.4. The molecule has 3 rings (SSSR count). The summed E-state index contributed by atoms with van der Waals surface area (Å²) in [6.07, 6.45) is 4.90. The molecule has 0 spiro atoms. The largest absolute Gasteiger partial charge is 0.455 e. The van der Waals surface area contributed by atoms with E-state index in [1.165, 1.54) is 31.4 Å². The molecule has 0 saturated carbocycles. The summed E-state index contributed by atoms with van der Waals surface area (Å²) in [6.45, 7) is 11.1. The summed E-state index contributed by atoms with van der Waals surface area (Å²) in [5, 5.41) is 3.01. The Bertz CT molecular complexity index is 772. The average Bonchev–Trinajstić information content (AvgIpc) is 3.21. The number of likely N-dealkylation sites (tertiary alicyclic amines) is 1. The third-order valence-corrected chi connectivity index (χ3v) is 6.05. The number of benzene rings is 1. The van der Waals surface area contributed by atoms with Gasteiger partial charge in [0.2, 0.25) is 0 Å². The lowest BCUT2D eigenvalue weighted by Gasteiger charge is -2.33. The molecule has 1 aromatic carbocycles. The summed E-state index contributed by atoms with van der Waals surface area (Å²) in [7, 11) is 0. The number of carbonyl (C=O) groups excluding carboxylic acids is 1. The lowest BCUT2D eigenvalue weighted by Crippen LogP contribution is -2.39. The van der Waals surface area contributed by atoms with Crippen LogP contribution in [0.25, 0.3) is 0 Å². The van der Waals surface area contributed by atoms with Crippen molar-refractivity contribution in [1.82, 2.24) is 15.1 Å². The molecule has 30 heavy (non-hydrogen) atoms.